The number of benzene rings is 2. The number of nitrogens with zero attached hydrogens (tertiary/aromatic N) is 1. The summed E-state index contributed by atoms with van der Waals surface area (Å²) in [6.45, 7) is 0. The fourth-order valence-electron chi connectivity index (χ4n) is 2.88. The maximum absolute atomic E-state index is 11.4. The molecule has 0 bridgehead atoms. The van der Waals surface area contributed by atoms with E-state index >= 15 is 0 Å². The number of rotatable bonds is 3. The topological polar surface area (TPSA) is 80.4 Å². The molecule has 1 aliphatic carbocycles. The normalized spacial score (nSPS) is 16.8. The molecule has 1 aliphatic rings. The van der Waals surface area contributed by atoms with Crippen molar-refractivity contribution in [1.82, 2.24) is 0 Å². The molecular weight excluding hydrogens is 294 g/mol. The summed E-state index contributed by atoms with van der Waals surface area (Å²) in [5, 5.41) is 23.0. The number of carbonyl (C=O) groups excluding carboxylic acids is 1. The number of hydrogen-bond donors (Lipinski definition) is 1. The van der Waals surface area contributed by atoms with Crippen molar-refractivity contribution in [3.05, 3.63) is 74.7 Å². The number of carbonyl (C=O) groups is 1. The molecule has 5 heteroatoms. The third kappa shape index (κ3) is 2.85. The van der Waals surface area contributed by atoms with E-state index in [1.165, 1.54) is 0 Å². The second-order valence-electron chi connectivity index (χ2n) is 5.52. The molecule has 3 rings (SSSR count). The molecule has 0 spiro atoms. The third-order valence-electron chi connectivity index (χ3n) is 4.07. The summed E-state index contributed by atoms with van der Waals surface area (Å²) < 4.78 is 0. The maximum Gasteiger partial charge on any atom is 0.287 e. The molecule has 0 saturated carbocycles. The fourth-order valence-corrected chi connectivity index (χ4v) is 2.88. The van der Waals surface area contributed by atoms with Crippen LogP contribution in [0, 0.1) is 10.1 Å². The Kier molecular flexibility index (Phi) is 3.93. The van der Waals surface area contributed by atoms with Gasteiger partial charge in [-0.25, -0.2) is 0 Å². The lowest BCUT2D eigenvalue weighted by atomic mass is 9.93. The van der Waals surface area contributed by atoms with Crippen molar-refractivity contribution in [3.63, 3.8) is 0 Å². The van der Waals surface area contributed by atoms with Gasteiger partial charge < -0.3 is 5.11 Å². The van der Waals surface area contributed by atoms with Gasteiger partial charge in [-0.3, -0.25) is 14.9 Å². The number of aliphatic hydroxyl groups excluding tert-OH is 1. The summed E-state index contributed by atoms with van der Waals surface area (Å²) in [7, 11) is 0. The van der Waals surface area contributed by atoms with Crippen LogP contribution in [0.1, 0.15) is 35.2 Å². The highest BCUT2D eigenvalue weighted by atomic mass is 16.6. The zero-order valence-electron chi connectivity index (χ0n) is 12.4. The second kappa shape index (κ2) is 6.04. The standard InChI is InChI=1S/C18H15NO4/c20-11-16-9-13-5-2-1-4-12(13)8-15(16)10-14-6-3-7-17(18(14)21)19(22)23/h1-2,4-5,8-11,21H,3,6-7H2/b14-10+. The molecule has 0 saturated heterocycles. The van der Waals surface area contributed by atoms with Crippen LogP contribution in [0.5, 0.6) is 0 Å². The summed E-state index contributed by atoms with van der Waals surface area (Å²) in [5.74, 6) is -0.272. The van der Waals surface area contributed by atoms with Gasteiger partial charge in [-0.1, -0.05) is 24.3 Å². The predicted molar refractivity (Wildman–Crippen MR) is 87.8 cm³/mol. The highest BCUT2D eigenvalue weighted by Crippen LogP contribution is 2.31. The van der Waals surface area contributed by atoms with E-state index in [9.17, 15) is 20.0 Å². The van der Waals surface area contributed by atoms with E-state index in [-0.39, 0.29) is 17.9 Å². The molecule has 0 unspecified atom stereocenters. The Hall–Kier alpha value is -2.95. The molecule has 0 aromatic heterocycles. The lowest BCUT2D eigenvalue weighted by Crippen LogP contribution is -2.10. The molecule has 0 fully saturated rings. The first-order chi connectivity index (χ1) is 11.1. The van der Waals surface area contributed by atoms with Gasteiger partial charge in [0.1, 0.15) is 0 Å². The number of fused-ring (bicyclic) bond motifs is 1. The summed E-state index contributed by atoms with van der Waals surface area (Å²) in [5.41, 5.74) is 1.50. The quantitative estimate of drug-likeness (QED) is 0.521. The molecule has 0 heterocycles. The SMILES string of the molecule is O=Cc1cc2ccccc2cc1/C=C1\CCCC([N+](=O)[O-])=C1O. The zero-order valence-corrected chi connectivity index (χ0v) is 12.4. The molecule has 2 aromatic rings. The second-order valence-corrected chi connectivity index (χ2v) is 5.52. The Balaban J connectivity index is 2.14. The van der Waals surface area contributed by atoms with Crippen molar-refractivity contribution < 1.29 is 14.8 Å². The first kappa shape index (κ1) is 15.0. The molecule has 23 heavy (non-hydrogen) atoms. The van der Waals surface area contributed by atoms with Crippen LogP contribution in [0.4, 0.5) is 0 Å². The van der Waals surface area contributed by atoms with Crippen LogP contribution in [0.25, 0.3) is 16.8 Å². The minimum Gasteiger partial charge on any atom is -0.502 e. The summed E-state index contributed by atoms with van der Waals surface area (Å²) in [6.07, 6.45) is 3.85. The molecule has 0 radical (unpaired) electrons. The van der Waals surface area contributed by atoms with Crippen molar-refractivity contribution in [2.75, 3.05) is 0 Å². The highest BCUT2D eigenvalue weighted by Gasteiger charge is 2.25. The van der Waals surface area contributed by atoms with E-state index < -0.39 is 4.92 Å². The van der Waals surface area contributed by atoms with E-state index in [1.54, 1.807) is 12.1 Å². The predicted octanol–water partition coefficient (Wildman–Crippen LogP) is 4.27. The molecule has 2 aromatic carbocycles. The van der Waals surface area contributed by atoms with Crippen molar-refractivity contribution in [3.8, 4) is 0 Å². The maximum atomic E-state index is 11.4. The Morgan fingerprint density at radius 3 is 2.35 bits per heavy atom. The Morgan fingerprint density at radius 1 is 1.09 bits per heavy atom. The monoisotopic (exact) mass is 309 g/mol. The molecule has 116 valence electrons. The van der Waals surface area contributed by atoms with E-state index in [1.807, 2.05) is 30.3 Å². The van der Waals surface area contributed by atoms with Crippen LogP contribution in [-0.2, 0) is 0 Å². The number of allylic oxidation sites excluding steroid dienone is 2. The molecule has 0 aliphatic heterocycles. The molecule has 0 amide bonds. The average molecular weight is 309 g/mol. The summed E-state index contributed by atoms with van der Waals surface area (Å²) in [4.78, 5) is 21.8. The lowest BCUT2D eigenvalue weighted by molar-refractivity contribution is -0.431. The lowest BCUT2D eigenvalue weighted by Gasteiger charge is -2.14. The number of aldehydes is 1. The van der Waals surface area contributed by atoms with E-state index in [0.717, 1.165) is 17.1 Å². The number of aliphatic hydroxyl groups is 1. The van der Waals surface area contributed by atoms with Crippen LogP contribution < -0.4 is 0 Å². The minimum absolute atomic E-state index is 0.157. The smallest absolute Gasteiger partial charge is 0.287 e. The minimum atomic E-state index is -0.538. The molecule has 0 atom stereocenters. The number of nitro groups is 1. The van der Waals surface area contributed by atoms with Crippen LogP contribution in [-0.4, -0.2) is 16.3 Å². The van der Waals surface area contributed by atoms with Gasteiger partial charge in [0.05, 0.1) is 4.92 Å². The molecule has 1 N–H and O–H groups in total. The van der Waals surface area contributed by atoms with E-state index in [2.05, 4.69) is 0 Å². The van der Waals surface area contributed by atoms with E-state index in [4.69, 9.17) is 0 Å². The highest BCUT2D eigenvalue weighted by molar-refractivity contribution is 5.93. The van der Waals surface area contributed by atoms with Gasteiger partial charge >= 0.3 is 0 Å². The summed E-state index contributed by atoms with van der Waals surface area (Å²) in [6, 6.07) is 11.3. The van der Waals surface area contributed by atoms with Crippen LogP contribution in [0.15, 0.2) is 53.4 Å². The van der Waals surface area contributed by atoms with Gasteiger partial charge in [-0.2, -0.15) is 0 Å². The van der Waals surface area contributed by atoms with Gasteiger partial charge in [-0.15, -0.1) is 0 Å². The summed E-state index contributed by atoms with van der Waals surface area (Å²) >= 11 is 0. The van der Waals surface area contributed by atoms with Crippen LogP contribution >= 0.6 is 0 Å². The Labute approximate surface area is 132 Å². The van der Waals surface area contributed by atoms with Gasteiger partial charge in [-0.05, 0) is 47.4 Å². The van der Waals surface area contributed by atoms with Crippen LogP contribution in [0.2, 0.25) is 0 Å². The largest absolute Gasteiger partial charge is 0.502 e. The van der Waals surface area contributed by atoms with Gasteiger partial charge in [0.15, 0.2) is 12.0 Å². The zero-order chi connectivity index (χ0) is 16.4. The van der Waals surface area contributed by atoms with Crippen molar-refractivity contribution >= 4 is 23.1 Å². The van der Waals surface area contributed by atoms with Crippen LogP contribution in [0.3, 0.4) is 0 Å². The van der Waals surface area contributed by atoms with Gasteiger partial charge in [0, 0.05) is 17.6 Å². The van der Waals surface area contributed by atoms with E-state index in [0.29, 0.717) is 29.5 Å². The number of hydrogen-bond acceptors (Lipinski definition) is 4. The fraction of sp³-hybridized carbons (Fsp3) is 0.167. The average Bonchev–Trinajstić information content (AvgIpc) is 2.55. The first-order valence-electron chi connectivity index (χ1n) is 7.35. The molecule has 5 nitrogen and oxygen atoms in total. The molecular formula is C18H15NO4. The van der Waals surface area contributed by atoms with Crippen molar-refractivity contribution in [1.29, 1.82) is 0 Å². The van der Waals surface area contributed by atoms with Crippen molar-refractivity contribution in [2.45, 2.75) is 19.3 Å². The Morgan fingerprint density at radius 2 is 1.74 bits per heavy atom. The van der Waals surface area contributed by atoms with Gasteiger partial charge in [0.25, 0.3) is 5.70 Å². The van der Waals surface area contributed by atoms with Gasteiger partial charge in [0.2, 0.25) is 0 Å². The first-order valence-corrected chi connectivity index (χ1v) is 7.35. The third-order valence-corrected chi connectivity index (χ3v) is 4.07. The van der Waals surface area contributed by atoms with Crippen molar-refractivity contribution in [2.24, 2.45) is 0 Å². The Bertz CT molecular complexity index is 864.